The zero-order valence-electron chi connectivity index (χ0n) is 16.9. The van der Waals surface area contributed by atoms with Crippen LogP contribution < -0.4 is 4.74 Å². The van der Waals surface area contributed by atoms with Gasteiger partial charge in [-0.2, -0.15) is 0 Å². The van der Waals surface area contributed by atoms with Crippen LogP contribution in [0.3, 0.4) is 0 Å². The molecule has 0 aliphatic carbocycles. The van der Waals surface area contributed by atoms with Crippen LogP contribution in [0.25, 0.3) is 5.57 Å². The molecule has 0 saturated carbocycles. The molecule has 0 aliphatic rings. The number of carboxylic acid groups (broad SMARTS) is 1. The number of rotatable bonds is 8. The number of halogens is 1. The quantitative estimate of drug-likeness (QED) is 0.400. The standard InChI is InChI=1S/C25H23ClO3S/c1-17-5-3-7-19(13-17)22(20-8-4-6-18(2)14-20)11-12-30-24-10-9-21(15-23(24)26)29-16-25(27)28/h3-11,13-15H,12,16H2,1-2H3,(H,27,28). The highest BCUT2D eigenvalue weighted by Crippen LogP contribution is 2.32. The SMILES string of the molecule is Cc1cccc(C(=CCSc2ccc(OCC(=O)O)cc2Cl)c2cccc(C)c2)c1. The lowest BCUT2D eigenvalue weighted by Crippen LogP contribution is -2.09. The summed E-state index contributed by atoms with van der Waals surface area (Å²) in [6, 6.07) is 22.3. The molecule has 0 atom stereocenters. The highest BCUT2D eigenvalue weighted by molar-refractivity contribution is 7.99. The van der Waals surface area contributed by atoms with E-state index in [1.54, 1.807) is 23.9 Å². The van der Waals surface area contributed by atoms with Gasteiger partial charge in [-0.3, -0.25) is 0 Å². The Bertz CT molecular complexity index is 1030. The van der Waals surface area contributed by atoms with Crippen molar-refractivity contribution in [3.63, 3.8) is 0 Å². The molecule has 0 fully saturated rings. The summed E-state index contributed by atoms with van der Waals surface area (Å²) < 4.78 is 5.18. The topological polar surface area (TPSA) is 46.5 Å². The molecule has 0 saturated heterocycles. The maximum atomic E-state index is 10.6. The molecule has 0 amide bonds. The van der Waals surface area contributed by atoms with Gasteiger partial charge in [-0.15, -0.1) is 11.8 Å². The fourth-order valence-corrected chi connectivity index (χ4v) is 4.20. The van der Waals surface area contributed by atoms with Gasteiger partial charge in [0.1, 0.15) is 5.75 Å². The molecule has 5 heteroatoms. The molecule has 154 valence electrons. The number of thioether (sulfide) groups is 1. The van der Waals surface area contributed by atoms with E-state index in [-0.39, 0.29) is 6.61 Å². The second-order valence-electron chi connectivity index (χ2n) is 6.94. The second-order valence-corrected chi connectivity index (χ2v) is 8.41. The molecule has 3 aromatic rings. The highest BCUT2D eigenvalue weighted by atomic mass is 35.5. The molecule has 0 heterocycles. The minimum atomic E-state index is -1.02. The average Bonchev–Trinajstić information content (AvgIpc) is 2.71. The number of hydrogen-bond donors (Lipinski definition) is 1. The predicted molar refractivity (Wildman–Crippen MR) is 125 cm³/mol. The van der Waals surface area contributed by atoms with Crippen molar-refractivity contribution < 1.29 is 14.6 Å². The summed E-state index contributed by atoms with van der Waals surface area (Å²) in [5.41, 5.74) is 6.00. The first-order valence-electron chi connectivity index (χ1n) is 9.53. The fraction of sp³-hybridized carbons (Fsp3) is 0.160. The molecule has 0 bridgehead atoms. The number of aryl methyl sites for hydroxylation is 2. The number of benzene rings is 3. The number of hydrogen-bond acceptors (Lipinski definition) is 3. The normalized spacial score (nSPS) is 10.5. The molecule has 0 spiro atoms. The molecule has 30 heavy (non-hydrogen) atoms. The molecule has 0 radical (unpaired) electrons. The van der Waals surface area contributed by atoms with Crippen molar-refractivity contribution in [3.8, 4) is 5.75 Å². The van der Waals surface area contributed by atoms with Crippen molar-refractivity contribution in [2.75, 3.05) is 12.4 Å². The fourth-order valence-electron chi connectivity index (χ4n) is 3.08. The first-order valence-corrected chi connectivity index (χ1v) is 10.9. The number of aliphatic carboxylic acids is 1. The van der Waals surface area contributed by atoms with Crippen LogP contribution in [0.4, 0.5) is 0 Å². The van der Waals surface area contributed by atoms with Crippen molar-refractivity contribution in [1.82, 2.24) is 0 Å². The van der Waals surface area contributed by atoms with E-state index in [2.05, 4.69) is 68.5 Å². The summed E-state index contributed by atoms with van der Waals surface area (Å²) in [4.78, 5) is 11.6. The predicted octanol–water partition coefficient (Wildman–Crippen LogP) is 6.64. The van der Waals surface area contributed by atoms with E-state index >= 15 is 0 Å². The van der Waals surface area contributed by atoms with Crippen molar-refractivity contribution >= 4 is 34.9 Å². The van der Waals surface area contributed by atoms with Gasteiger partial charge in [0.05, 0.1) is 5.02 Å². The Balaban J connectivity index is 1.80. The van der Waals surface area contributed by atoms with Crippen molar-refractivity contribution in [2.24, 2.45) is 0 Å². The second kappa shape index (κ2) is 10.4. The van der Waals surface area contributed by atoms with Gasteiger partial charge >= 0.3 is 5.97 Å². The van der Waals surface area contributed by atoms with E-state index in [1.807, 2.05) is 6.07 Å². The Labute approximate surface area is 186 Å². The summed E-state index contributed by atoms with van der Waals surface area (Å²) in [5.74, 6) is 0.170. The smallest absolute Gasteiger partial charge is 0.341 e. The van der Waals surface area contributed by atoms with E-state index in [0.717, 1.165) is 10.6 Å². The first kappa shape index (κ1) is 22.0. The van der Waals surface area contributed by atoms with Crippen LogP contribution in [0.5, 0.6) is 5.75 Å². The summed E-state index contributed by atoms with van der Waals surface area (Å²) in [6.45, 7) is 3.81. The third-order valence-electron chi connectivity index (χ3n) is 4.45. The van der Waals surface area contributed by atoms with E-state index in [4.69, 9.17) is 21.4 Å². The lowest BCUT2D eigenvalue weighted by Gasteiger charge is -2.11. The van der Waals surface area contributed by atoms with Gasteiger partial charge in [0.25, 0.3) is 0 Å². The Hall–Kier alpha value is -2.69. The van der Waals surface area contributed by atoms with Gasteiger partial charge in [-0.05, 0) is 48.7 Å². The summed E-state index contributed by atoms with van der Waals surface area (Å²) in [6.07, 6.45) is 2.22. The zero-order chi connectivity index (χ0) is 21.5. The number of carbonyl (C=O) groups is 1. The molecule has 1 N–H and O–H groups in total. The number of ether oxygens (including phenoxy) is 1. The van der Waals surface area contributed by atoms with E-state index < -0.39 is 5.97 Å². The van der Waals surface area contributed by atoms with Gasteiger partial charge in [-0.25, -0.2) is 4.79 Å². The van der Waals surface area contributed by atoms with Gasteiger partial charge in [0.15, 0.2) is 6.61 Å². The van der Waals surface area contributed by atoms with Crippen LogP contribution in [0.1, 0.15) is 22.3 Å². The third-order valence-corrected chi connectivity index (χ3v) is 5.88. The average molecular weight is 439 g/mol. The van der Waals surface area contributed by atoms with Crippen LogP contribution in [0.15, 0.2) is 77.7 Å². The van der Waals surface area contributed by atoms with Crippen molar-refractivity contribution in [2.45, 2.75) is 18.7 Å². The molecule has 0 aromatic heterocycles. The van der Waals surface area contributed by atoms with Gasteiger partial charge in [-0.1, -0.05) is 77.3 Å². The Kier molecular flexibility index (Phi) is 7.61. The zero-order valence-corrected chi connectivity index (χ0v) is 18.5. The van der Waals surface area contributed by atoms with Crippen LogP contribution in [0, 0.1) is 13.8 Å². The summed E-state index contributed by atoms with van der Waals surface area (Å²) in [5, 5.41) is 9.27. The minimum absolute atomic E-state index is 0.387. The van der Waals surface area contributed by atoms with Gasteiger partial charge in [0, 0.05) is 10.6 Å². The lowest BCUT2D eigenvalue weighted by atomic mass is 9.95. The van der Waals surface area contributed by atoms with Gasteiger partial charge < -0.3 is 9.84 Å². The first-order chi connectivity index (χ1) is 14.4. The summed E-state index contributed by atoms with van der Waals surface area (Å²) in [7, 11) is 0. The van der Waals surface area contributed by atoms with Crippen molar-refractivity contribution in [1.29, 1.82) is 0 Å². The van der Waals surface area contributed by atoms with Crippen LogP contribution in [-0.4, -0.2) is 23.4 Å². The Morgan fingerprint density at radius 1 is 1.00 bits per heavy atom. The molecule has 3 nitrogen and oxygen atoms in total. The molecule has 3 rings (SSSR count). The monoisotopic (exact) mass is 438 g/mol. The van der Waals surface area contributed by atoms with E-state index in [0.29, 0.717) is 10.8 Å². The maximum absolute atomic E-state index is 10.6. The highest BCUT2D eigenvalue weighted by Gasteiger charge is 2.08. The molecular weight excluding hydrogens is 416 g/mol. The third kappa shape index (κ3) is 6.15. The molecule has 0 unspecified atom stereocenters. The number of carboxylic acids is 1. The lowest BCUT2D eigenvalue weighted by molar-refractivity contribution is -0.139. The van der Waals surface area contributed by atoms with Crippen LogP contribution >= 0.6 is 23.4 Å². The Morgan fingerprint density at radius 3 is 2.17 bits per heavy atom. The molecule has 3 aromatic carbocycles. The largest absolute Gasteiger partial charge is 0.482 e. The van der Waals surface area contributed by atoms with Gasteiger partial charge in [0.2, 0.25) is 0 Å². The van der Waals surface area contributed by atoms with E-state index in [1.165, 1.54) is 27.8 Å². The maximum Gasteiger partial charge on any atom is 0.341 e. The minimum Gasteiger partial charge on any atom is -0.482 e. The molecular formula is C25H23ClO3S. The Morgan fingerprint density at radius 2 is 1.63 bits per heavy atom. The molecule has 0 aliphatic heterocycles. The van der Waals surface area contributed by atoms with Crippen LogP contribution in [0.2, 0.25) is 5.02 Å². The summed E-state index contributed by atoms with van der Waals surface area (Å²) >= 11 is 7.99. The van der Waals surface area contributed by atoms with E-state index in [9.17, 15) is 4.79 Å². The van der Waals surface area contributed by atoms with Crippen LogP contribution in [-0.2, 0) is 4.79 Å². The van der Waals surface area contributed by atoms with Crippen molar-refractivity contribution in [3.05, 3.63) is 100 Å².